The number of aromatic amines is 1. The Labute approximate surface area is 202 Å². The Bertz CT molecular complexity index is 1430. The lowest BCUT2D eigenvalue weighted by Crippen LogP contribution is -2.35. The van der Waals surface area contributed by atoms with Crippen LogP contribution in [0.15, 0.2) is 35.4 Å². The molecule has 2 aliphatic rings. The lowest BCUT2D eigenvalue weighted by atomic mass is 10.2. The summed E-state index contributed by atoms with van der Waals surface area (Å²) in [6.07, 6.45) is -1.46. The van der Waals surface area contributed by atoms with Crippen molar-refractivity contribution in [2.75, 3.05) is 12.8 Å². The second kappa shape index (κ2) is 8.64. The van der Waals surface area contributed by atoms with Crippen LogP contribution in [0.1, 0.15) is 19.6 Å². The lowest BCUT2D eigenvalue weighted by molar-refractivity contribution is -0.142. The van der Waals surface area contributed by atoms with Crippen LogP contribution in [0, 0.1) is 5.82 Å². The molecular weight excluding hydrogens is 502 g/mol. The molecule has 16 heteroatoms. The van der Waals surface area contributed by atoms with Gasteiger partial charge in [-0.3, -0.25) is 23.7 Å². The van der Waals surface area contributed by atoms with E-state index >= 15 is 0 Å². The number of fused-ring (bicyclic) bond motifs is 2. The van der Waals surface area contributed by atoms with Gasteiger partial charge in [-0.1, -0.05) is 0 Å². The highest BCUT2D eigenvalue weighted by molar-refractivity contribution is 7.52. The number of nitrogens with one attached hydrogen (secondary N) is 2. The summed E-state index contributed by atoms with van der Waals surface area (Å²) < 4.78 is 49.9. The van der Waals surface area contributed by atoms with Gasteiger partial charge >= 0.3 is 13.7 Å². The fourth-order valence-corrected chi connectivity index (χ4v) is 5.80. The normalized spacial score (nSPS) is 27.3. The van der Waals surface area contributed by atoms with Crippen molar-refractivity contribution < 1.29 is 37.4 Å². The van der Waals surface area contributed by atoms with Crippen molar-refractivity contribution in [3.63, 3.8) is 0 Å². The summed E-state index contributed by atoms with van der Waals surface area (Å²) in [4.78, 5) is 34.4. The zero-order valence-corrected chi connectivity index (χ0v) is 19.8. The number of carbonyl (C=O) groups excluding carboxylic acids is 1. The van der Waals surface area contributed by atoms with E-state index in [1.165, 1.54) is 30.0 Å². The number of ether oxygens (including phenoxy) is 2. The van der Waals surface area contributed by atoms with E-state index in [2.05, 4.69) is 24.8 Å². The summed E-state index contributed by atoms with van der Waals surface area (Å²) in [7, 11) is -3.15. The largest absolute Gasteiger partial charge is 0.468 e. The number of hydrogen-bond donors (Lipinski definition) is 4. The minimum atomic E-state index is -4.31. The maximum absolute atomic E-state index is 13.6. The fraction of sp³-hybridized carbons (Fsp3) is 0.400. The topological polar surface area (TPSA) is 193 Å². The minimum absolute atomic E-state index is 0.000311. The van der Waals surface area contributed by atoms with Gasteiger partial charge in [-0.05, 0) is 31.2 Å². The molecule has 3 aromatic rings. The van der Waals surface area contributed by atoms with Crippen LogP contribution in [0.2, 0.25) is 0 Å². The third-order valence-corrected chi connectivity index (χ3v) is 7.57. The maximum atomic E-state index is 13.6. The Kier molecular flexibility index (Phi) is 5.84. The average molecular weight is 524 g/mol. The molecule has 14 nitrogen and oxygen atoms in total. The zero-order chi connectivity index (χ0) is 25.8. The quantitative estimate of drug-likeness (QED) is 0.237. The van der Waals surface area contributed by atoms with Crippen LogP contribution < -0.4 is 20.9 Å². The second-order valence-corrected chi connectivity index (χ2v) is 10.1. The highest BCUT2D eigenvalue weighted by Gasteiger charge is 2.74. The molecule has 1 saturated heterocycles. The molecule has 1 aromatic carbocycles. The molecule has 0 bridgehead atoms. The first-order valence-electron chi connectivity index (χ1n) is 10.7. The molecule has 36 heavy (non-hydrogen) atoms. The first kappa shape index (κ1) is 24.3. The molecule has 192 valence electrons. The summed E-state index contributed by atoms with van der Waals surface area (Å²) in [5.74, 6) is -1.38. The van der Waals surface area contributed by atoms with Crippen LogP contribution in [0.4, 0.5) is 10.3 Å². The first-order chi connectivity index (χ1) is 17.0. The molecule has 5 N–H and O–H groups in total. The van der Waals surface area contributed by atoms with Crippen molar-refractivity contribution in [2.45, 2.75) is 43.4 Å². The molecule has 6 atom stereocenters. The summed E-state index contributed by atoms with van der Waals surface area (Å²) >= 11 is 0. The highest BCUT2D eigenvalue weighted by Crippen LogP contribution is 2.61. The van der Waals surface area contributed by atoms with E-state index < -0.39 is 55.2 Å². The van der Waals surface area contributed by atoms with Crippen LogP contribution in [-0.4, -0.2) is 61.6 Å². The number of aliphatic hydroxyl groups is 1. The number of rotatable bonds is 8. The third-order valence-electron chi connectivity index (χ3n) is 5.92. The van der Waals surface area contributed by atoms with E-state index in [0.717, 1.165) is 19.2 Å². The number of aromatic nitrogens is 4. The number of halogens is 1. The molecular formula is C20H22FN6O8P. The average Bonchev–Trinajstić information content (AvgIpc) is 3.15. The number of H-pyrrole nitrogens is 1. The van der Waals surface area contributed by atoms with Gasteiger partial charge in [0.05, 0.1) is 13.4 Å². The maximum Gasteiger partial charge on any atom is 0.459 e. The number of anilines is 1. The van der Waals surface area contributed by atoms with Crippen LogP contribution in [0.5, 0.6) is 5.75 Å². The molecule has 1 saturated carbocycles. The Morgan fingerprint density at radius 2 is 2.17 bits per heavy atom. The van der Waals surface area contributed by atoms with Crippen LogP contribution >= 0.6 is 7.75 Å². The van der Waals surface area contributed by atoms with E-state index in [4.69, 9.17) is 19.5 Å². The van der Waals surface area contributed by atoms with E-state index in [1.54, 1.807) is 0 Å². The Balaban J connectivity index is 1.34. The van der Waals surface area contributed by atoms with Gasteiger partial charge < -0.3 is 24.8 Å². The molecule has 1 aliphatic heterocycles. The summed E-state index contributed by atoms with van der Waals surface area (Å²) in [5, 5.41) is 13.6. The Hall–Kier alpha value is -3.36. The standard InChI is InChI=1S/C20H22FN6O8P/c1-9(18(29)32-2)26-36(31,34-11-5-3-10(21)4-6-11)35-15-14-20(15,30)7-12(33-14)27-8-23-13-16(27)24-19(22)25-17(13)28/h3-6,8-9,12,14-15,30H,7H2,1-2H3,(H,26,31)(H3,22,24,25,28)/t9-,12+,14+,15?,20?,36?/m0/s1. The predicted molar refractivity (Wildman–Crippen MR) is 120 cm³/mol. The van der Waals surface area contributed by atoms with Crippen LogP contribution in [0.25, 0.3) is 11.2 Å². The molecule has 3 unspecified atom stereocenters. The predicted octanol–water partition coefficient (Wildman–Crippen LogP) is 0.596. The van der Waals surface area contributed by atoms with Gasteiger partial charge in [0.2, 0.25) is 5.95 Å². The number of nitrogens with zero attached hydrogens (tertiary/aromatic N) is 3. The van der Waals surface area contributed by atoms with Gasteiger partial charge in [-0.25, -0.2) is 13.9 Å². The monoisotopic (exact) mass is 524 g/mol. The molecule has 0 spiro atoms. The van der Waals surface area contributed by atoms with Gasteiger partial charge in [0, 0.05) is 6.42 Å². The Morgan fingerprint density at radius 1 is 1.44 bits per heavy atom. The number of carbonyl (C=O) groups is 1. The van der Waals surface area contributed by atoms with Gasteiger partial charge in [0.1, 0.15) is 41.6 Å². The Morgan fingerprint density at radius 3 is 2.81 bits per heavy atom. The number of imidazole rings is 1. The number of nitrogens with two attached hydrogens (primary N) is 1. The number of esters is 1. The smallest absolute Gasteiger partial charge is 0.459 e. The summed E-state index contributed by atoms with van der Waals surface area (Å²) in [6, 6.07) is 3.55. The number of benzene rings is 1. The highest BCUT2D eigenvalue weighted by atomic mass is 31.2. The van der Waals surface area contributed by atoms with E-state index in [0.29, 0.717) is 0 Å². The van der Waals surface area contributed by atoms with Gasteiger partial charge in [0.15, 0.2) is 11.2 Å². The van der Waals surface area contributed by atoms with Crippen molar-refractivity contribution >= 4 is 30.8 Å². The van der Waals surface area contributed by atoms with Gasteiger partial charge in [0.25, 0.3) is 5.56 Å². The number of hydrogen-bond acceptors (Lipinski definition) is 11. The van der Waals surface area contributed by atoms with Crippen molar-refractivity contribution in [2.24, 2.45) is 0 Å². The molecule has 2 fully saturated rings. The number of nitrogen functional groups attached to an aromatic ring is 1. The first-order valence-corrected chi connectivity index (χ1v) is 12.3. The van der Waals surface area contributed by atoms with E-state index in [1.807, 2.05) is 0 Å². The molecule has 0 amide bonds. The second-order valence-electron chi connectivity index (χ2n) is 8.42. The molecule has 2 aromatic heterocycles. The summed E-state index contributed by atoms with van der Waals surface area (Å²) in [5.41, 5.74) is 3.75. The zero-order valence-electron chi connectivity index (χ0n) is 19.0. The van der Waals surface area contributed by atoms with Crippen molar-refractivity contribution in [3.05, 3.63) is 46.8 Å². The van der Waals surface area contributed by atoms with Crippen molar-refractivity contribution in [3.8, 4) is 5.75 Å². The van der Waals surface area contributed by atoms with Crippen LogP contribution in [-0.2, 0) is 23.4 Å². The summed E-state index contributed by atoms with van der Waals surface area (Å²) in [6.45, 7) is 1.38. The van der Waals surface area contributed by atoms with Gasteiger partial charge in [-0.2, -0.15) is 10.1 Å². The minimum Gasteiger partial charge on any atom is -0.468 e. The van der Waals surface area contributed by atoms with Crippen molar-refractivity contribution in [1.29, 1.82) is 0 Å². The van der Waals surface area contributed by atoms with Gasteiger partial charge in [-0.15, -0.1) is 0 Å². The van der Waals surface area contributed by atoms with E-state index in [-0.39, 0.29) is 29.3 Å². The fourth-order valence-electron chi connectivity index (χ4n) is 4.07. The van der Waals surface area contributed by atoms with Crippen molar-refractivity contribution in [1.82, 2.24) is 24.6 Å². The van der Waals surface area contributed by atoms with E-state index in [9.17, 15) is 23.7 Å². The molecule has 0 radical (unpaired) electrons. The van der Waals surface area contributed by atoms with Crippen LogP contribution in [0.3, 0.4) is 0 Å². The third kappa shape index (κ3) is 4.24. The number of methoxy groups -OCH3 is 1. The molecule has 1 aliphatic carbocycles. The molecule has 3 heterocycles. The SMILES string of the molecule is COC(=O)[C@H](C)NP(=O)(Oc1ccc(F)cc1)OC1[C@H]2O[C@@H](n3cnc4c(=O)[nH]c(N)nc43)CC12O. The lowest BCUT2D eigenvalue weighted by Gasteiger charge is -2.24. The molecule has 5 rings (SSSR count).